The van der Waals surface area contributed by atoms with Gasteiger partial charge in [0.1, 0.15) is 7.11 Å². The minimum atomic E-state index is -4.39. The molecular weight excluding hydrogens is 413 g/mol. The van der Waals surface area contributed by atoms with E-state index in [0.29, 0.717) is 17.0 Å². The van der Waals surface area contributed by atoms with Crippen LogP contribution in [0, 0.1) is 12.8 Å². The molecule has 5 rings (SSSR count). The molecule has 164 valence electrons. The molecule has 0 aromatic heterocycles. The molecule has 1 saturated carbocycles. The highest BCUT2D eigenvalue weighted by Crippen LogP contribution is 2.49. The van der Waals surface area contributed by atoms with E-state index in [2.05, 4.69) is 5.16 Å². The number of carbonyl (C=O) groups is 1. The van der Waals surface area contributed by atoms with E-state index in [4.69, 9.17) is 14.4 Å². The molecule has 0 radical (unpaired) electrons. The summed E-state index contributed by atoms with van der Waals surface area (Å²) in [5, 5.41) is 5.49. The van der Waals surface area contributed by atoms with Crippen molar-refractivity contribution in [2.75, 3.05) is 19.3 Å². The number of esters is 1. The molecule has 2 aliphatic heterocycles. The summed E-state index contributed by atoms with van der Waals surface area (Å²) in [5.74, 6) is 0.00871. The van der Waals surface area contributed by atoms with Crippen LogP contribution in [0.1, 0.15) is 41.1 Å². The lowest BCUT2D eigenvalue weighted by Crippen LogP contribution is -2.38. The summed E-state index contributed by atoms with van der Waals surface area (Å²) in [4.78, 5) is 23.1. The fourth-order valence-electron chi connectivity index (χ4n) is 3.81. The molecule has 3 aliphatic rings. The molecule has 2 aromatic carbocycles. The Kier molecular flexibility index (Phi) is 5.28. The molecule has 6 nitrogen and oxygen atoms in total. The standard InChI is InChI=1S/C22H21F3N2O4/c1-12-10-16-11-17(18(26-30-3)21(28)29-2)20(12)31-27(16)19(13-4-5-13)14-6-8-15(9-7-14)22(23,24)25/h6-11,13,19H,4-5H2,1-3H3. The summed E-state index contributed by atoms with van der Waals surface area (Å²) < 4.78 is 43.7. The molecule has 31 heavy (non-hydrogen) atoms. The van der Waals surface area contributed by atoms with Crippen molar-refractivity contribution in [1.29, 1.82) is 0 Å². The molecule has 0 N–H and O–H groups in total. The van der Waals surface area contributed by atoms with Crippen molar-refractivity contribution >= 4 is 17.4 Å². The maximum Gasteiger partial charge on any atom is 0.416 e. The molecule has 0 spiro atoms. The van der Waals surface area contributed by atoms with Gasteiger partial charge in [0.2, 0.25) is 0 Å². The van der Waals surface area contributed by atoms with Gasteiger partial charge in [-0.2, -0.15) is 13.2 Å². The van der Waals surface area contributed by atoms with Crippen molar-refractivity contribution in [3.8, 4) is 5.75 Å². The van der Waals surface area contributed by atoms with E-state index in [0.717, 1.165) is 36.1 Å². The Balaban J connectivity index is 1.72. The average Bonchev–Trinajstić information content (AvgIpc) is 3.57. The number of hydrogen-bond donors (Lipinski definition) is 0. The van der Waals surface area contributed by atoms with E-state index in [9.17, 15) is 18.0 Å². The molecule has 1 fully saturated rings. The van der Waals surface area contributed by atoms with Crippen molar-refractivity contribution < 1.29 is 32.4 Å². The Morgan fingerprint density at radius 3 is 2.39 bits per heavy atom. The second kappa shape index (κ2) is 7.79. The molecule has 2 bridgehead atoms. The molecule has 2 heterocycles. The Bertz CT molecular complexity index is 1030. The minimum absolute atomic E-state index is 0.0258. The number of fused-ring (bicyclic) bond motifs is 3. The lowest BCUT2D eigenvalue weighted by molar-refractivity contribution is -0.137. The molecule has 0 amide bonds. The number of alkyl halides is 3. The summed E-state index contributed by atoms with van der Waals surface area (Å²) in [5.41, 5.74) is 1.91. The first-order valence-corrected chi connectivity index (χ1v) is 9.73. The Morgan fingerprint density at radius 2 is 1.87 bits per heavy atom. The van der Waals surface area contributed by atoms with Crippen LogP contribution in [0.4, 0.5) is 18.9 Å². The summed E-state index contributed by atoms with van der Waals surface area (Å²) >= 11 is 0. The van der Waals surface area contributed by atoms with E-state index < -0.39 is 17.7 Å². The number of ether oxygens (including phenoxy) is 1. The second-order valence-electron chi connectivity index (χ2n) is 7.57. The van der Waals surface area contributed by atoms with E-state index >= 15 is 0 Å². The predicted octanol–water partition coefficient (Wildman–Crippen LogP) is 4.80. The Hall–Kier alpha value is -3.23. The van der Waals surface area contributed by atoms with E-state index in [1.165, 1.54) is 26.4 Å². The maximum atomic E-state index is 13.0. The first kappa shape index (κ1) is 21.0. The normalized spacial score (nSPS) is 16.7. The van der Waals surface area contributed by atoms with Crippen molar-refractivity contribution in [1.82, 2.24) is 0 Å². The third-order valence-corrected chi connectivity index (χ3v) is 5.42. The molecule has 2 aromatic rings. The van der Waals surface area contributed by atoms with Gasteiger partial charge in [-0.3, -0.25) is 0 Å². The fourth-order valence-corrected chi connectivity index (χ4v) is 3.81. The SMILES string of the molecule is CON=C(C(=O)OC)c1cc2cc(C)c1ON2C(c1ccc(C(F)(F)F)cc1)C1CC1. The molecule has 1 aliphatic carbocycles. The van der Waals surface area contributed by atoms with Crippen molar-refractivity contribution in [3.63, 3.8) is 0 Å². The quantitative estimate of drug-likeness (QED) is 0.371. The average molecular weight is 434 g/mol. The monoisotopic (exact) mass is 434 g/mol. The zero-order valence-electron chi connectivity index (χ0n) is 17.2. The van der Waals surface area contributed by atoms with Crippen molar-refractivity contribution in [2.24, 2.45) is 11.1 Å². The van der Waals surface area contributed by atoms with E-state index in [-0.39, 0.29) is 17.7 Å². The number of oxime groups is 1. The van der Waals surface area contributed by atoms with Crippen LogP contribution in [0.5, 0.6) is 5.75 Å². The summed E-state index contributed by atoms with van der Waals surface area (Å²) in [6.45, 7) is 1.84. The zero-order valence-corrected chi connectivity index (χ0v) is 17.2. The van der Waals surface area contributed by atoms with Crippen LogP contribution in [-0.2, 0) is 20.5 Å². The summed E-state index contributed by atoms with van der Waals surface area (Å²) in [6.07, 6.45) is -2.49. The number of anilines is 1. The van der Waals surface area contributed by atoms with Gasteiger partial charge in [0.15, 0.2) is 11.5 Å². The third-order valence-electron chi connectivity index (χ3n) is 5.42. The van der Waals surface area contributed by atoms with Gasteiger partial charge < -0.3 is 14.4 Å². The number of nitrogens with zero attached hydrogens (tertiary/aromatic N) is 2. The minimum Gasteiger partial charge on any atom is -0.464 e. The van der Waals surface area contributed by atoms with Gasteiger partial charge in [-0.15, -0.1) is 0 Å². The van der Waals surface area contributed by atoms with Crippen LogP contribution in [0.3, 0.4) is 0 Å². The van der Waals surface area contributed by atoms with Gasteiger partial charge >= 0.3 is 12.1 Å². The number of rotatable bonds is 6. The van der Waals surface area contributed by atoms with Gasteiger partial charge in [-0.05, 0) is 61.1 Å². The van der Waals surface area contributed by atoms with Crippen molar-refractivity contribution in [3.05, 3.63) is 58.7 Å². The molecule has 1 atom stereocenters. The van der Waals surface area contributed by atoms with Gasteiger partial charge in [0.05, 0.1) is 30.0 Å². The number of benzene rings is 2. The molecule has 1 unspecified atom stereocenters. The van der Waals surface area contributed by atoms with Crippen LogP contribution in [0.15, 0.2) is 41.6 Å². The smallest absolute Gasteiger partial charge is 0.416 e. The first-order chi connectivity index (χ1) is 14.7. The fraction of sp³-hybridized carbons (Fsp3) is 0.364. The number of methoxy groups -OCH3 is 1. The lowest BCUT2D eigenvalue weighted by atomic mass is 9.97. The second-order valence-corrected chi connectivity index (χ2v) is 7.57. The van der Waals surface area contributed by atoms with E-state index in [1.54, 1.807) is 11.1 Å². The van der Waals surface area contributed by atoms with Gasteiger partial charge in [0, 0.05) is 0 Å². The lowest BCUT2D eigenvalue weighted by Gasteiger charge is -2.38. The Morgan fingerprint density at radius 1 is 1.19 bits per heavy atom. The zero-order chi connectivity index (χ0) is 22.3. The third kappa shape index (κ3) is 3.92. The van der Waals surface area contributed by atoms with Crippen LogP contribution in [0.2, 0.25) is 0 Å². The number of halogens is 3. The highest BCUT2D eigenvalue weighted by atomic mass is 19.4. The Labute approximate surface area is 177 Å². The molecular formula is C22H21F3N2O4. The van der Waals surface area contributed by atoms with Gasteiger partial charge in [-0.1, -0.05) is 17.3 Å². The van der Waals surface area contributed by atoms with E-state index in [1.807, 2.05) is 13.0 Å². The van der Waals surface area contributed by atoms with Crippen molar-refractivity contribution in [2.45, 2.75) is 32.0 Å². The predicted molar refractivity (Wildman–Crippen MR) is 107 cm³/mol. The summed E-state index contributed by atoms with van der Waals surface area (Å²) in [7, 11) is 2.57. The number of carbonyl (C=O) groups excluding carboxylic acids is 1. The topological polar surface area (TPSA) is 60.4 Å². The van der Waals surface area contributed by atoms with Crippen LogP contribution >= 0.6 is 0 Å². The number of hydrogen-bond acceptors (Lipinski definition) is 6. The molecule has 9 heteroatoms. The first-order valence-electron chi connectivity index (χ1n) is 9.73. The summed E-state index contributed by atoms with van der Waals surface area (Å²) in [6, 6.07) is 8.58. The number of hydroxylamine groups is 1. The van der Waals surface area contributed by atoms with Crippen LogP contribution in [0.25, 0.3) is 0 Å². The van der Waals surface area contributed by atoms with Gasteiger partial charge in [0.25, 0.3) is 0 Å². The maximum absolute atomic E-state index is 13.0. The molecule has 0 saturated heterocycles. The van der Waals surface area contributed by atoms with Crippen LogP contribution in [-0.4, -0.2) is 25.9 Å². The van der Waals surface area contributed by atoms with Gasteiger partial charge in [-0.25, -0.2) is 9.86 Å². The van der Waals surface area contributed by atoms with Crippen LogP contribution < -0.4 is 9.90 Å². The largest absolute Gasteiger partial charge is 0.464 e. The highest BCUT2D eigenvalue weighted by molar-refractivity contribution is 6.44. The highest BCUT2D eigenvalue weighted by Gasteiger charge is 2.42. The number of aryl methyl sites for hydroxylation is 1.